The van der Waals surface area contributed by atoms with Gasteiger partial charge in [0, 0.05) is 37.8 Å². The van der Waals surface area contributed by atoms with E-state index in [9.17, 15) is 4.79 Å². The molecule has 1 heterocycles. The van der Waals surface area contributed by atoms with E-state index in [0.717, 1.165) is 31.6 Å². The summed E-state index contributed by atoms with van der Waals surface area (Å²) >= 11 is 0. The lowest BCUT2D eigenvalue weighted by Crippen LogP contribution is -2.46. The van der Waals surface area contributed by atoms with Crippen molar-refractivity contribution in [3.8, 4) is 5.75 Å². The smallest absolute Gasteiger partial charge is 0.251 e. The van der Waals surface area contributed by atoms with Crippen molar-refractivity contribution in [2.45, 2.75) is 38.3 Å². The number of rotatable bonds is 7. The second-order valence-electron chi connectivity index (χ2n) is 5.77. The number of carbonyl (C=O) groups is 1. The van der Waals surface area contributed by atoms with Crippen molar-refractivity contribution in [3.63, 3.8) is 0 Å². The van der Waals surface area contributed by atoms with Gasteiger partial charge in [-0.05, 0) is 44.5 Å². The highest BCUT2D eigenvalue weighted by Gasteiger charge is 2.20. The molecule has 1 saturated heterocycles. The van der Waals surface area contributed by atoms with Crippen LogP contribution in [0.4, 0.5) is 0 Å². The maximum Gasteiger partial charge on any atom is 0.251 e. The third-order valence-electron chi connectivity index (χ3n) is 3.82. The molecule has 0 aliphatic carbocycles. The Balaban J connectivity index is 0.00000264. The zero-order valence-electron chi connectivity index (χ0n) is 13.8. The fourth-order valence-corrected chi connectivity index (χ4v) is 2.65. The van der Waals surface area contributed by atoms with Crippen LogP contribution in [0.3, 0.4) is 0 Å². The Bertz CT molecular complexity index is 485. The minimum atomic E-state index is -0.0264. The molecule has 2 rings (SSSR count). The highest BCUT2D eigenvalue weighted by atomic mass is 35.5. The summed E-state index contributed by atoms with van der Waals surface area (Å²) in [6.07, 6.45) is 2.78. The molecule has 1 aliphatic heterocycles. The fourth-order valence-electron chi connectivity index (χ4n) is 2.65. The summed E-state index contributed by atoms with van der Waals surface area (Å²) in [6.45, 7) is 4.36. The van der Waals surface area contributed by atoms with Crippen LogP contribution in [0, 0.1) is 0 Å². The van der Waals surface area contributed by atoms with Gasteiger partial charge in [-0.15, -0.1) is 12.4 Å². The van der Waals surface area contributed by atoms with Crippen LogP contribution in [0.25, 0.3) is 0 Å². The first-order valence-electron chi connectivity index (χ1n) is 7.95. The molecule has 1 fully saturated rings. The van der Waals surface area contributed by atoms with E-state index in [0.29, 0.717) is 24.8 Å². The van der Waals surface area contributed by atoms with E-state index >= 15 is 0 Å². The minimum absolute atomic E-state index is 0. The summed E-state index contributed by atoms with van der Waals surface area (Å²) in [6, 6.07) is 8.04. The van der Waals surface area contributed by atoms with Crippen LogP contribution in [0.2, 0.25) is 0 Å². The number of hydrogen-bond donors (Lipinski definition) is 2. The van der Waals surface area contributed by atoms with Gasteiger partial charge in [0.15, 0.2) is 0 Å². The highest BCUT2D eigenvalue weighted by molar-refractivity contribution is 5.94. The molecule has 5 nitrogen and oxygen atoms in total. The molecule has 1 amide bonds. The molecule has 2 atom stereocenters. The maximum atomic E-state index is 12.3. The highest BCUT2D eigenvalue weighted by Crippen LogP contribution is 2.15. The van der Waals surface area contributed by atoms with Crippen molar-refractivity contribution in [3.05, 3.63) is 29.8 Å². The lowest BCUT2D eigenvalue weighted by Gasteiger charge is -2.28. The lowest BCUT2D eigenvalue weighted by atomic mass is 10.0. The Labute approximate surface area is 144 Å². The SMILES string of the molecule is COCCCOc1cccc(C(=O)NC2CCNC(C)C2)c1.Cl. The average molecular weight is 343 g/mol. The van der Waals surface area contributed by atoms with E-state index in [-0.39, 0.29) is 24.4 Å². The first-order chi connectivity index (χ1) is 10.7. The molecule has 130 valence electrons. The van der Waals surface area contributed by atoms with Gasteiger partial charge < -0.3 is 20.1 Å². The Morgan fingerprint density at radius 1 is 1.39 bits per heavy atom. The fraction of sp³-hybridized carbons (Fsp3) is 0.588. The monoisotopic (exact) mass is 342 g/mol. The van der Waals surface area contributed by atoms with Gasteiger partial charge in [0.25, 0.3) is 5.91 Å². The minimum Gasteiger partial charge on any atom is -0.493 e. The molecule has 0 radical (unpaired) electrons. The predicted molar refractivity (Wildman–Crippen MR) is 93.6 cm³/mol. The molecule has 2 N–H and O–H groups in total. The van der Waals surface area contributed by atoms with Gasteiger partial charge in [0.2, 0.25) is 0 Å². The van der Waals surface area contributed by atoms with Crippen LogP contribution in [-0.2, 0) is 4.74 Å². The number of nitrogens with one attached hydrogen (secondary N) is 2. The normalized spacial score (nSPS) is 20.4. The van der Waals surface area contributed by atoms with Gasteiger partial charge >= 0.3 is 0 Å². The summed E-state index contributed by atoms with van der Waals surface area (Å²) < 4.78 is 10.6. The second-order valence-corrected chi connectivity index (χ2v) is 5.77. The second kappa shape index (κ2) is 10.5. The molecule has 0 aromatic heterocycles. The summed E-state index contributed by atoms with van der Waals surface area (Å²) in [5, 5.41) is 6.50. The molecule has 2 unspecified atom stereocenters. The molecule has 6 heteroatoms. The van der Waals surface area contributed by atoms with Gasteiger partial charge in [-0.1, -0.05) is 6.07 Å². The molecule has 1 aromatic rings. The molecule has 0 bridgehead atoms. The number of ether oxygens (including phenoxy) is 2. The van der Waals surface area contributed by atoms with E-state index in [1.165, 1.54) is 0 Å². The standard InChI is InChI=1S/C17H26N2O3.ClH/c1-13-11-15(7-8-18-13)19-17(20)14-5-3-6-16(12-14)22-10-4-9-21-2;/h3,5-6,12-13,15,18H,4,7-11H2,1-2H3,(H,19,20);1H. The summed E-state index contributed by atoms with van der Waals surface area (Å²) in [4.78, 5) is 12.3. The molecule has 0 saturated carbocycles. The van der Waals surface area contributed by atoms with Crippen LogP contribution in [-0.4, -0.2) is 44.9 Å². The number of benzene rings is 1. The first-order valence-corrected chi connectivity index (χ1v) is 7.95. The summed E-state index contributed by atoms with van der Waals surface area (Å²) in [5.74, 6) is 0.698. The number of halogens is 1. The van der Waals surface area contributed by atoms with Gasteiger partial charge in [-0.3, -0.25) is 4.79 Å². The zero-order valence-corrected chi connectivity index (χ0v) is 14.7. The van der Waals surface area contributed by atoms with Crippen LogP contribution in [0.5, 0.6) is 5.75 Å². The largest absolute Gasteiger partial charge is 0.493 e. The van der Waals surface area contributed by atoms with Crippen LogP contribution < -0.4 is 15.4 Å². The van der Waals surface area contributed by atoms with E-state index < -0.39 is 0 Å². The van der Waals surface area contributed by atoms with Crippen LogP contribution in [0.15, 0.2) is 24.3 Å². The van der Waals surface area contributed by atoms with Gasteiger partial charge in [-0.2, -0.15) is 0 Å². The van der Waals surface area contributed by atoms with Crippen molar-refractivity contribution in [1.82, 2.24) is 10.6 Å². The van der Waals surface area contributed by atoms with E-state index in [1.807, 2.05) is 18.2 Å². The van der Waals surface area contributed by atoms with E-state index in [1.54, 1.807) is 13.2 Å². The van der Waals surface area contributed by atoms with Crippen molar-refractivity contribution in [2.24, 2.45) is 0 Å². The van der Waals surface area contributed by atoms with Gasteiger partial charge in [0.05, 0.1) is 6.61 Å². The Kier molecular flexibility index (Phi) is 8.99. The first kappa shape index (κ1) is 19.7. The molecule has 1 aromatic carbocycles. The lowest BCUT2D eigenvalue weighted by molar-refractivity contribution is 0.0925. The Morgan fingerprint density at radius 2 is 2.22 bits per heavy atom. The summed E-state index contributed by atoms with van der Waals surface area (Å²) in [5.41, 5.74) is 0.649. The maximum absolute atomic E-state index is 12.3. The number of piperidine rings is 1. The van der Waals surface area contributed by atoms with Gasteiger partial charge in [0.1, 0.15) is 5.75 Å². The van der Waals surface area contributed by atoms with Crippen molar-refractivity contribution < 1.29 is 14.3 Å². The molecule has 0 spiro atoms. The predicted octanol–water partition coefficient (Wildman–Crippen LogP) is 2.39. The zero-order chi connectivity index (χ0) is 15.8. The molecule has 23 heavy (non-hydrogen) atoms. The van der Waals surface area contributed by atoms with E-state index in [2.05, 4.69) is 17.6 Å². The van der Waals surface area contributed by atoms with Crippen molar-refractivity contribution >= 4 is 18.3 Å². The van der Waals surface area contributed by atoms with Gasteiger partial charge in [-0.25, -0.2) is 0 Å². The van der Waals surface area contributed by atoms with Crippen molar-refractivity contribution in [2.75, 3.05) is 26.9 Å². The number of carbonyl (C=O) groups excluding carboxylic acids is 1. The third-order valence-corrected chi connectivity index (χ3v) is 3.82. The Hall–Kier alpha value is -1.30. The molecular weight excluding hydrogens is 316 g/mol. The Morgan fingerprint density at radius 3 is 2.96 bits per heavy atom. The van der Waals surface area contributed by atoms with E-state index in [4.69, 9.17) is 9.47 Å². The summed E-state index contributed by atoms with van der Waals surface area (Å²) in [7, 11) is 1.67. The van der Waals surface area contributed by atoms with Crippen molar-refractivity contribution in [1.29, 1.82) is 0 Å². The van der Waals surface area contributed by atoms with Crippen LogP contribution >= 0.6 is 12.4 Å². The number of amides is 1. The quantitative estimate of drug-likeness (QED) is 0.747. The molecule has 1 aliphatic rings. The number of methoxy groups -OCH3 is 1. The number of hydrogen-bond acceptors (Lipinski definition) is 4. The average Bonchev–Trinajstić information content (AvgIpc) is 2.52. The topological polar surface area (TPSA) is 59.6 Å². The third kappa shape index (κ3) is 6.77. The van der Waals surface area contributed by atoms with Crippen LogP contribution in [0.1, 0.15) is 36.5 Å². The molecular formula is C17H27ClN2O3.